The zero-order valence-corrected chi connectivity index (χ0v) is 15.1. The molecule has 7 heteroatoms. The van der Waals surface area contributed by atoms with Gasteiger partial charge in [-0.25, -0.2) is 4.79 Å². The number of esters is 1. The Hall–Kier alpha value is -3.35. The van der Waals surface area contributed by atoms with Crippen LogP contribution in [0.2, 0.25) is 0 Å². The van der Waals surface area contributed by atoms with Crippen molar-refractivity contribution in [2.24, 2.45) is 0 Å². The van der Waals surface area contributed by atoms with E-state index in [1.807, 2.05) is 0 Å². The Kier molecular flexibility index (Phi) is 5.40. The molecule has 0 aromatic heterocycles. The lowest BCUT2D eigenvalue weighted by molar-refractivity contribution is -0.123. The number of hydrogen-bond acceptors (Lipinski definition) is 5. The van der Waals surface area contributed by atoms with E-state index in [0.717, 1.165) is 5.56 Å². The monoisotopic (exact) mass is 368 g/mol. The quantitative estimate of drug-likeness (QED) is 0.792. The average molecular weight is 368 g/mol. The first kappa shape index (κ1) is 18.4. The molecule has 0 spiro atoms. The molecule has 1 heterocycles. The van der Waals surface area contributed by atoms with Crippen molar-refractivity contribution in [2.75, 3.05) is 17.7 Å². The summed E-state index contributed by atoms with van der Waals surface area (Å²) < 4.78 is 10.3. The van der Waals surface area contributed by atoms with Crippen molar-refractivity contribution in [3.05, 3.63) is 53.6 Å². The van der Waals surface area contributed by atoms with E-state index < -0.39 is 18.0 Å². The van der Waals surface area contributed by atoms with Crippen LogP contribution in [0.15, 0.2) is 42.5 Å². The Bertz CT molecular complexity index is 876. The summed E-state index contributed by atoms with van der Waals surface area (Å²) in [6, 6.07) is 11.8. The number of nitrogens with one attached hydrogen (secondary N) is 2. The maximum atomic E-state index is 12.3. The highest BCUT2D eigenvalue weighted by atomic mass is 16.5. The molecular weight excluding hydrogens is 348 g/mol. The molecule has 1 aliphatic rings. The summed E-state index contributed by atoms with van der Waals surface area (Å²) in [6.07, 6.45) is -0.0163. The van der Waals surface area contributed by atoms with Crippen molar-refractivity contribution in [3.63, 3.8) is 0 Å². The molecule has 2 aromatic carbocycles. The number of carbonyl (C=O) groups excluding carboxylic acids is 3. The molecule has 0 radical (unpaired) electrons. The Morgan fingerprint density at radius 2 is 1.85 bits per heavy atom. The molecular formula is C20H20N2O5. The Morgan fingerprint density at radius 1 is 1.11 bits per heavy atom. The minimum absolute atomic E-state index is 0.0401. The van der Waals surface area contributed by atoms with Gasteiger partial charge in [0.25, 0.3) is 5.91 Å². The molecule has 2 aromatic rings. The maximum Gasteiger partial charge on any atom is 0.338 e. The second kappa shape index (κ2) is 7.90. The third-order valence-electron chi connectivity index (χ3n) is 4.25. The first-order valence-corrected chi connectivity index (χ1v) is 8.55. The number of amides is 2. The number of hydrogen-bond donors (Lipinski definition) is 2. The third kappa shape index (κ3) is 4.44. The van der Waals surface area contributed by atoms with E-state index in [1.54, 1.807) is 49.6 Å². The topological polar surface area (TPSA) is 93.7 Å². The molecule has 27 heavy (non-hydrogen) atoms. The van der Waals surface area contributed by atoms with Crippen LogP contribution >= 0.6 is 0 Å². The fourth-order valence-corrected chi connectivity index (χ4v) is 2.71. The normalized spacial score (nSPS) is 13.8. The first-order valence-electron chi connectivity index (χ1n) is 8.55. The second-order valence-corrected chi connectivity index (χ2v) is 6.19. The second-order valence-electron chi connectivity index (χ2n) is 6.19. The summed E-state index contributed by atoms with van der Waals surface area (Å²) in [5.74, 6) is -0.386. The smallest absolute Gasteiger partial charge is 0.338 e. The van der Waals surface area contributed by atoms with Crippen molar-refractivity contribution in [1.82, 2.24) is 0 Å². The van der Waals surface area contributed by atoms with Gasteiger partial charge in [-0.2, -0.15) is 0 Å². The van der Waals surface area contributed by atoms with Crippen LogP contribution in [0.25, 0.3) is 0 Å². The summed E-state index contributed by atoms with van der Waals surface area (Å²) in [7, 11) is 1.56. The first-order chi connectivity index (χ1) is 13.0. The van der Waals surface area contributed by atoms with E-state index in [1.165, 1.54) is 6.92 Å². The number of carbonyl (C=O) groups is 3. The number of methoxy groups -OCH3 is 1. The van der Waals surface area contributed by atoms with Gasteiger partial charge in [0, 0.05) is 17.8 Å². The van der Waals surface area contributed by atoms with Crippen LogP contribution in [0.3, 0.4) is 0 Å². The van der Waals surface area contributed by atoms with Crippen LogP contribution in [0.1, 0.15) is 29.3 Å². The van der Waals surface area contributed by atoms with Gasteiger partial charge in [0.15, 0.2) is 6.10 Å². The van der Waals surface area contributed by atoms with Gasteiger partial charge in [-0.15, -0.1) is 0 Å². The van der Waals surface area contributed by atoms with Gasteiger partial charge in [-0.3, -0.25) is 9.59 Å². The molecule has 1 atom stereocenters. The lowest BCUT2D eigenvalue weighted by Gasteiger charge is -2.18. The number of benzene rings is 2. The molecule has 140 valence electrons. The van der Waals surface area contributed by atoms with Gasteiger partial charge >= 0.3 is 5.97 Å². The number of fused-ring (bicyclic) bond motifs is 1. The average Bonchev–Trinajstić information content (AvgIpc) is 2.68. The molecule has 2 amide bonds. The fourth-order valence-electron chi connectivity index (χ4n) is 2.71. The van der Waals surface area contributed by atoms with Gasteiger partial charge in [-0.1, -0.05) is 0 Å². The molecule has 0 aliphatic carbocycles. The van der Waals surface area contributed by atoms with E-state index >= 15 is 0 Å². The fraction of sp³-hybridized carbons (Fsp3) is 0.250. The van der Waals surface area contributed by atoms with Crippen molar-refractivity contribution in [1.29, 1.82) is 0 Å². The van der Waals surface area contributed by atoms with Gasteiger partial charge in [0.2, 0.25) is 5.91 Å². The van der Waals surface area contributed by atoms with Crippen LogP contribution in [0, 0.1) is 0 Å². The van der Waals surface area contributed by atoms with Crippen molar-refractivity contribution < 1.29 is 23.9 Å². The van der Waals surface area contributed by atoms with Crippen LogP contribution in [-0.2, 0) is 20.7 Å². The Balaban J connectivity index is 1.61. The number of anilines is 2. The molecule has 7 nitrogen and oxygen atoms in total. The highest BCUT2D eigenvalue weighted by Crippen LogP contribution is 2.24. The standard InChI is InChI=1S/C20H20N2O5/c1-12(19(24)21-15-5-7-16(26-2)8-6-15)27-20(25)14-3-9-17-13(11-14)4-10-18(23)22-17/h3,5-9,11-12H,4,10H2,1-2H3,(H,21,24)(H,22,23)/t12-/m0/s1. The molecule has 0 bridgehead atoms. The molecule has 0 saturated heterocycles. The predicted octanol–water partition coefficient (Wildman–Crippen LogP) is 2.76. The predicted molar refractivity (Wildman–Crippen MR) is 99.9 cm³/mol. The minimum atomic E-state index is -0.963. The van der Waals surface area contributed by atoms with Crippen molar-refractivity contribution >= 4 is 29.2 Å². The molecule has 1 aliphatic heterocycles. The summed E-state index contributed by atoms with van der Waals surface area (Å²) in [5.41, 5.74) is 2.50. The SMILES string of the molecule is COc1ccc(NC(=O)[C@H](C)OC(=O)c2ccc3c(c2)CCC(=O)N3)cc1. The van der Waals surface area contributed by atoms with E-state index in [4.69, 9.17) is 9.47 Å². The molecule has 0 fully saturated rings. The van der Waals surface area contributed by atoms with Crippen molar-refractivity contribution in [2.45, 2.75) is 25.9 Å². The number of aryl methyl sites for hydroxylation is 1. The zero-order valence-electron chi connectivity index (χ0n) is 15.1. The largest absolute Gasteiger partial charge is 0.497 e. The van der Waals surface area contributed by atoms with Gasteiger partial charge in [0.05, 0.1) is 12.7 Å². The maximum absolute atomic E-state index is 12.3. The lowest BCUT2D eigenvalue weighted by Crippen LogP contribution is -2.30. The number of rotatable bonds is 5. The summed E-state index contributed by atoms with van der Waals surface area (Å²) >= 11 is 0. The number of ether oxygens (including phenoxy) is 2. The van der Waals surface area contributed by atoms with Crippen LogP contribution in [-0.4, -0.2) is 31.0 Å². The highest BCUT2D eigenvalue weighted by molar-refractivity contribution is 5.98. The van der Waals surface area contributed by atoms with Crippen LogP contribution < -0.4 is 15.4 Å². The van der Waals surface area contributed by atoms with Gasteiger partial charge < -0.3 is 20.1 Å². The van der Waals surface area contributed by atoms with Gasteiger partial charge in [0.1, 0.15) is 5.75 Å². The van der Waals surface area contributed by atoms with E-state index in [0.29, 0.717) is 35.5 Å². The van der Waals surface area contributed by atoms with Crippen LogP contribution in [0.4, 0.5) is 11.4 Å². The van der Waals surface area contributed by atoms with Gasteiger partial charge in [-0.05, 0) is 61.4 Å². The minimum Gasteiger partial charge on any atom is -0.497 e. The Morgan fingerprint density at radius 3 is 2.56 bits per heavy atom. The molecule has 2 N–H and O–H groups in total. The van der Waals surface area contributed by atoms with Crippen molar-refractivity contribution in [3.8, 4) is 5.75 Å². The van der Waals surface area contributed by atoms with E-state index in [9.17, 15) is 14.4 Å². The summed E-state index contributed by atoms with van der Waals surface area (Å²) in [6.45, 7) is 1.51. The Labute approximate surface area is 156 Å². The van der Waals surface area contributed by atoms with Crippen LogP contribution in [0.5, 0.6) is 5.75 Å². The van der Waals surface area contributed by atoms with E-state index in [-0.39, 0.29) is 5.91 Å². The molecule has 0 saturated carbocycles. The third-order valence-corrected chi connectivity index (χ3v) is 4.25. The molecule has 0 unspecified atom stereocenters. The van der Waals surface area contributed by atoms with E-state index in [2.05, 4.69) is 10.6 Å². The highest BCUT2D eigenvalue weighted by Gasteiger charge is 2.21. The zero-order chi connectivity index (χ0) is 19.4. The lowest BCUT2D eigenvalue weighted by atomic mass is 10.0. The summed E-state index contributed by atoms with van der Waals surface area (Å²) in [4.78, 5) is 36.0. The summed E-state index contributed by atoms with van der Waals surface area (Å²) in [5, 5.41) is 5.44. The molecule has 3 rings (SSSR count).